The fourth-order valence-corrected chi connectivity index (χ4v) is 3.34. The maximum atomic E-state index is 14.6. The molecule has 0 radical (unpaired) electrons. The number of primary amides is 1. The Morgan fingerprint density at radius 1 is 1.16 bits per heavy atom. The molecule has 2 saturated heterocycles. The Kier molecular flexibility index (Phi) is 4.73. The number of hydrogen-bond donors (Lipinski definition) is 2. The zero-order chi connectivity index (χ0) is 18.1. The van der Waals surface area contributed by atoms with E-state index < -0.39 is 35.8 Å². The molecule has 0 bridgehead atoms. The molecule has 2 aliphatic rings. The van der Waals surface area contributed by atoms with Crippen LogP contribution in [-0.4, -0.2) is 43.8 Å². The molecule has 3 amide bonds. The molecule has 2 aliphatic heterocycles. The number of nitrogens with zero attached hydrogens (tertiary/aromatic N) is 2. The van der Waals surface area contributed by atoms with E-state index in [4.69, 9.17) is 5.73 Å². The highest BCUT2D eigenvalue weighted by molar-refractivity contribution is 5.99. The fourth-order valence-electron chi connectivity index (χ4n) is 3.34. The Morgan fingerprint density at radius 3 is 2.48 bits per heavy atom. The van der Waals surface area contributed by atoms with Crippen molar-refractivity contribution >= 4 is 23.3 Å². The molecule has 136 valence electrons. The summed E-state index contributed by atoms with van der Waals surface area (Å²) in [5, 5.41) is 2.31. The first kappa shape index (κ1) is 17.4. The van der Waals surface area contributed by atoms with Gasteiger partial charge in [-0.05, 0) is 31.4 Å². The van der Waals surface area contributed by atoms with E-state index in [9.17, 15) is 22.8 Å². The van der Waals surface area contributed by atoms with Crippen LogP contribution in [0.3, 0.4) is 0 Å². The number of rotatable bonds is 3. The van der Waals surface area contributed by atoms with Crippen molar-refractivity contribution in [3.05, 3.63) is 23.8 Å². The highest BCUT2D eigenvalue weighted by Crippen LogP contribution is 2.33. The quantitative estimate of drug-likeness (QED) is 0.865. The summed E-state index contributed by atoms with van der Waals surface area (Å²) in [5.74, 6) is -2.81. The highest BCUT2D eigenvalue weighted by Gasteiger charge is 2.33. The molecular formula is C16H19F3N4O2. The maximum absolute atomic E-state index is 14.6. The number of amides is 3. The second-order valence-electron chi connectivity index (χ2n) is 6.26. The number of nitrogens with one attached hydrogen (secondary N) is 1. The van der Waals surface area contributed by atoms with Crippen LogP contribution in [0.5, 0.6) is 0 Å². The largest absolute Gasteiger partial charge is 0.366 e. The minimum Gasteiger partial charge on any atom is -0.366 e. The van der Waals surface area contributed by atoms with Gasteiger partial charge in [-0.15, -0.1) is 0 Å². The molecule has 3 N–H and O–H groups in total. The first-order chi connectivity index (χ1) is 11.9. The summed E-state index contributed by atoms with van der Waals surface area (Å²) in [6.45, 7) is 0.537. The number of carbonyl (C=O) groups excluding carboxylic acids is 2. The summed E-state index contributed by atoms with van der Waals surface area (Å²) in [5.41, 5.74) is 4.82. The third kappa shape index (κ3) is 3.35. The second-order valence-corrected chi connectivity index (χ2v) is 6.26. The molecule has 1 aromatic rings. The molecule has 9 heteroatoms. The molecule has 1 aromatic carbocycles. The van der Waals surface area contributed by atoms with Crippen LogP contribution < -0.4 is 20.9 Å². The SMILES string of the molecule is NC(=O)N[C@@H]1CCCN(c2ccc(N3CC[C@@H](F)C3)c(F)c2F)C1=O. The van der Waals surface area contributed by atoms with Crippen molar-refractivity contribution in [3.8, 4) is 0 Å². The van der Waals surface area contributed by atoms with Gasteiger partial charge in [0, 0.05) is 19.6 Å². The first-order valence-electron chi connectivity index (χ1n) is 8.13. The van der Waals surface area contributed by atoms with E-state index >= 15 is 0 Å². The number of anilines is 2. The zero-order valence-electron chi connectivity index (χ0n) is 13.5. The fraction of sp³-hybridized carbons (Fsp3) is 0.500. The number of carbonyl (C=O) groups is 2. The van der Waals surface area contributed by atoms with E-state index in [1.165, 1.54) is 17.0 Å². The van der Waals surface area contributed by atoms with Crippen LogP contribution >= 0.6 is 0 Å². The van der Waals surface area contributed by atoms with Gasteiger partial charge in [0.1, 0.15) is 12.2 Å². The molecule has 0 aromatic heterocycles. The number of piperidine rings is 1. The summed E-state index contributed by atoms with van der Waals surface area (Å²) in [6.07, 6.45) is 0.0984. The van der Waals surface area contributed by atoms with E-state index in [-0.39, 0.29) is 30.9 Å². The Labute approximate surface area is 142 Å². The molecule has 6 nitrogen and oxygen atoms in total. The van der Waals surface area contributed by atoms with E-state index in [0.717, 1.165) is 4.90 Å². The lowest BCUT2D eigenvalue weighted by Crippen LogP contribution is -2.53. The number of nitrogens with two attached hydrogens (primary N) is 1. The minimum atomic E-state index is -1.16. The summed E-state index contributed by atoms with van der Waals surface area (Å²) in [7, 11) is 0. The maximum Gasteiger partial charge on any atom is 0.312 e. The molecule has 2 fully saturated rings. The van der Waals surface area contributed by atoms with Gasteiger partial charge in [-0.1, -0.05) is 0 Å². The Bertz CT molecular complexity index is 700. The molecule has 25 heavy (non-hydrogen) atoms. The molecule has 0 unspecified atom stereocenters. The lowest BCUT2D eigenvalue weighted by Gasteiger charge is -2.33. The molecule has 0 saturated carbocycles. The number of urea groups is 1. The van der Waals surface area contributed by atoms with Crippen LogP contribution in [0.4, 0.5) is 29.3 Å². The van der Waals surface area contributed by atoms with Gasteiger partial charge in [0.15, 0.2) is 11.6 Å². The van der Waals surface area contributed by atoms with Gasteiger partial charge in [-0.2, -0.15) is 0 Å². The van der Waals surface area contributed by atoms with Crippen molar-refractivity contribution in [2.24, 2.45) is 5.73 Å². The smallest absolute Gasteiger partial charge is 0.312 e. The van der Waals surface area contributed by atoms with Gasteiger partial charge in [-0.3, -0.25) is 4.79 Å². The Hall–Kier alpha value is -2.45. The predicted octanol–water partition coefficient (Wildman–Crippen LogP) is 1.68. The standard InChI is InChI=1S/C16H19F3N4O2/c17-9-5-7-22(8-9)11-3-4-12(14(19)13(11)18)23-6-1-2-10(15(23)24)21-16(20)25/h3-4,9-10H,1-2,5-8H2,(H3,20,21,25)/t9-,10-/m1/s1. The van der Waals surface area contributed by atoms with Gasteiger partial charge < -0.3 is 20.9 Å². The summed E-state index contributed by atoms with van der Waals surface area (Å²) < 4.78 is 42.3. The molecular weight excluding hydrogens is 337 g/mol. The third-order valence-electron chi connectivity index (χ3n) is 4.56. The summed E-state index contributed by atoms with van der Waals surface area (Å²) >= 11 is 0. The average Bonchev–Trinajstić information content (AvgIpc) is 2.98. The van der Waals surface area contributed by atoms with Gasteiger partial charge >= 0.3 is 6.03 Å². The topological polar surface area (TPSA) is 78.7 Å². The van der Waals surface area contributed by atoms with Gasteiger partial charge in [0.05, 0.1) is 11.4 Å². The van der Waals surface area contributed by atoms with Gasteiger partial charge in [0.25, 0.3) is 0 Å². The number of alkyl halides is 1. The van der Waals surface area contributed by atoms with Crippen molar-refractivity contribution < 1.29 is 22.8 Å². The second kappa shape index (κ2) is 6.81. The monoisotopic (exact) mass is 356 g/mol. The molecule has 0 spiro atoms. The van der Waals surface area contributed by atoms with Gasteiger partial charge in [0.2, 0.25) is 5.91 Å². The zero-order valence-corrected chi connectivity index (χ0v) is 13.5. The average molecular weight is 356 g/mol. The van der Waals surface area contributed by atoms with Crippen molar-refractivity contribution in [2.45, 2.75) is 31.5 Å². The van der Waals surface area contributed by atoms with E-state index in [1.807, 2.05) is 0 Å². The number of benzene rings is 1. The lowest BCUT2D eigenvalue weighted by molar-refractivity contribution is -0.121. The molecule has 3 rings (SSSR count). The Morgan fingerprint density at radius 2 is 1.84 bits per heavy atom. The number of hydrogen-bond acceptors (Lipinski definition) is 3. The normalized spacial score (nSPS) is 23.9. The molecule has 2 heterocycles. The molecule has 2 atom stereocenters. The van der Waals surface area contributed by atoms with E-state index in [2.05, 4.69) is 5.32 Å². The predicted molar refractivity (Wildman–Crippen MR) is 86.2 cm³/mol. The van der Waals surface area contributed by atoms with E-state index in [1.54, 1.807) is 0 Å². The first-order valence-corrected chi connectivity index (χ1v) is 8.13. The van der Waals surface area contributed by atoms with Crippen molar-refractivity contribution in [2.75, 3.05) is 29.4 Å². The van der Waals surface area contributed by atoms with Crippen LogP contribution in [0.25, 0.3) is 0 Å². The summed E-state index contributed by atoms with van der Waals surface area (Å²) in [4.78, 5) is 25.9. The van der Waals surface area contributed by atoms with Crippen LogP contribution in [0.15, 0.2) is 12.1 Å². The van der Waals surface area contributed by atoms with Crippen molar-refractivity contribution in [1.29, 1.82) is 0 Å². The van der Waals surface area contributed by atoms with Crippen molar-refractivity contribution in [1.82, 2.24) is 5.32 Å². The highest BCUT2D eigenvalue weighted by atomic mass is 19.2. The Balaban J connectivity index is 1.86. The van der Waals surface area contributed by atoms with E-state index in [0.29, 0.717) is 19.4 Å². The lowest BCUT2D eigenvalue weighted by atomic mass is 10.0. The van der Waals surface area contributed by atoms with Crippen molar-refractivity contribution in [3.63, 3.8) is 0 Å². The summed E-state index contributed by atoms with van der Waals surface area (Å²) in [6, 6.07) is 0.949. The number of halogens is 3. The van der Waals surface area contributed by atoms with Gasteiger partial charge in [-0.25, -0.2) is 18.0 Å². The minimum absolute atomic E-state index is 0.0160. The van der Waals surface area contributed by atoms with Crippen LogP contribution in [-0.2, 0) is 4.79 Å². The molecule has 0 aliphatic carbocycles. The third-order valence-corrected chi connectivity index (χ3v) is 4.56. The van der Waals surface area contributed by atoms with Crippen LogP contribution in [0, 0.1) is 11.6 Å². The van der Waals surface area contributed by atoms with Crippen LogP contribution in [0.1, 0.15) is 19.3 Å². The van der Waals surface area contributed by atoms with Crippen LogP contribution in [0.2, 0.25) is 0 Å².